The number of hydrogen-bond acceptors (Lipinski definition) is 6. The van der Waals surface area contributed by atoms with Crippen molar-refractivity contribution in [3.63, 3.8) is 0 Å². The van der Waals surface area contributed by atoms with Gasteiger partial charge in [0.25, 0.3) is 11.8 Å². The van der Waals surface area contributed by atoms with E-state index in [1.54, 1.807) is 4.90 Å². The number of aromatic nitrogens is 2. The molecular formula is C24H28FN5O3S. The van der Waals surface area contributed by atoms with Gasteiger partial charge in [0.2, 0.25) is 15.9 Å². The fourth-order valence-electron chi connectivity index (χ4n) is 4.25. The molecule has 2 heterocycles. The van der Waals surface area contributed by atoms with Crippen LogP contribution in [0.15, 0.2) is 35.9 Å². The first-order valence-electron chi connectivity index (χ1n) is 11.6. The second-order valence-electron chi connectivity index (χ2n) is 8.61. The normalized spacial score (nSPS) is 18.2. The maximum atomic E-state index is 13.0. The van der Waals surface area contributed by atoms with E-state index in [-0.39, 0.29) is 27.7 Å². The molecule has 1 aromatic carbocycles. The number of nitrogens with one attached hydrogen (secondary N) is 2. The minimum atomic E-state index is -0.521. The molecule has 180 valence electrons. The minimum Gasteiger partial charge on any atom is -0.355 e. The summed E-state index contributed by atoms with van der Waals surface area (Å²) in [5, 5.41) is 13.5. The van der Waals surface area contributed by atoms with Crippen LogP contribution in [0.25, 0.3) is 0 Å². The molecule has 0 radical (unpaired) electrons. The van der Waals surface area contributed by atoms with Crippen LogP contribution in [0.3, 0.4) is 0 Å². The third kappa shape index (κ3) is 6.25. The van der Waals surface area contributed by atoms with E-state index in [1.165, 1.54) is 42.7 Å². The first-order valence-corrected chi connectivity index (χ1v) is 12.5. The molecule has 1 atom stereocenters. The number of amides is 3. The van der Waals surface area contributed by atoms with Gasteiger partial charge in [-0.3, -0.25) is 14.4 Å². The van der Waals surface area contributed by atoms with E-state index < -0.39 is 11.7 Å². The average molecular weight is 486 g/mol. The van der Waals surface area contributed by atoms with Crippen LogP contribution < -0.4 is 10.6 Å². The molecule has 4 rings (SSSR count). The van der Waals surface area contributed by atoms with Gasteiger partial charge in [-0.1, -0.05) is 23.0 Å². The zero-order valence-electron chi connectivity index (χ0n) is 18.9. The lowest BCUT2D eigenvalue weighted by atomic mass is 9.96. The first-order chi connectivity index (χ1) is 16.5. The van der Waals surface area contributed by atoms with Gasteiger partial charge in [-0.2, -0.15) is 0 Å². The van der Waals surface area contributed by atoms with E-state index in [9.17, 15) is 18.8 Å². The molecule has 1 aliphatic heterocycles. The van der Waals surface area contributed by atoms with Gasteiger partial charge in [-0.05, 0) is 69.2 Å². The molecule has 1 aliphatic carbocycles. The average Bonchev–Trinajstić information content (AvgIpc) is 3.36. The molecule has 2 aromatic rings. The van der Waals surface area contributed by atoms with Gasteiger partial charge in [0, 0.05) is 25.3 Å². The highest BCUT2D eigenvalue weighted by Gasteiger charge is 2.30. The maximum Gasteiger partial charge on any atom is 0.286 e. The molecule has 0 saturated carbocycles. The van der Waals surface area contributed by atoms with E-state index in [1.807, 2.05) is 0 Å². The second kappa shape index (κ2) is 11.3. The Morgan fingerprint density at radius 1 is 1.09 bits per heavy atom. The molecule has 1 aromatic heterocycles. The number of carbonyl (C=O) groups excluding carboxylic acids is 3. The molecule has 8 nitrogen and oxygen atoms in total. The summed E-state index contributed by atoms with van der Waals surface area (Å²) in [5.41, 5.74) is 1.83. The molecule has 34 heavy (non-hydrogen) atoms. The molecule has 3 amide bonds. The quantitative estimate of drug-likeness (QED) is 0.581. The predicted molar refractivity (Wildman–Crippen MR) is 127 cm³/mol. The van der Waals surface area contributed by atoms with Crippen LogP contribution in [-0.4, -0.2) is 52.5 Å². The number of benzene rings is 1. The van der Waals surface area contributed by atoms with Gasteiger partial charge in [-0.15, -0.1) is 10.2 Å². The van der Waals surface area contributed by atoms with Crippen molar-refractivity contribution >= 4 is 34.7 Å². The largest absolute Gasteiger partial charge is 0.355 e. The fourth-order valence-corrected chi connectivity index (χ4v) is 4.96. The molecule has 2 N–H and O–H groups in total. The molecule has 0 bridgehead atoms. The summed E-state index contributed by atoms with van der Waals surface area (Å²) in [6.45, 7) is 1.48. The molecule has 1 unspecified atom stereocenters. The zero-order valence-corrected chi connectivity index (χ0v) is 19.7. The number of rotatable bonds is 7. The topological polar surface area (TPSA) is 104 Å². The van der Waals surface area contributed by atoms with E-state index in [2.05, 4.69) is 26.9 Å². The molecule has 0 spiro atoms. The molecule has 10 heteroatoms. The summed E-state index contributed by atoms with van der Waals surface area (Å²) in [6.07, 6.45) is 9.35. The van der Waals surface area contributed by atoms with Gasteiger partial charge in [-0.25, -0.2) is 4.39 Å². The third-order valence-electron chi connectivity index (χ3n) is 6.11. The van der Waals surface area contributed by atoms with Crippen LogP contribution in [0.5, 0.6) is 0 Å². The number of nitrogens with zero attached hydrogens (tertiary/aromatic N) is 3. The standard InChI is InChI=1S/C24H28FN5O3S/c25-18-8-10-19(11-9-18)27-21(32)22-28-29-23(34-22)24(33)30-14-4-7-17(15-30)20(31)26-13-12-16-5-2-1-3-6-16/h5,8-11,17H,1-4,6-7,12-15H2,(H,26,31)(H,27,32). The summed E-state index contributed by atoms with van der Waals surface area (Å²) in [5.74, 6) is -1.54. The predicted octanol–water partition coefficient (Wildman–Crippen LogP) is 3.79. The Hall–Kier alpha value is -3.14. The van der Waals surface area contributed by atoms with E-state index in [4.69, 9.17) is 0 Å². The highest BCUT2D eigenvalue weighted by Crippen LogP contribution is 2.22. The van der Waals surface area contributed by atoms with Crippen molar-refractivity contribution in [1.29, 1.82) is 0 Å². The molecule has 1 fully saturated rings. The summed E-state index contributed by atoms with van der Waals surface area (Å²) in [6, 6.07) is 5.35. The monoisotopic (exact) mass is 485 g/mol. The van der Waals surface area contributed by atoms with E-state index in [0.717, 1.165) is 43.4 Å². The molecular weight excluding hydrogens is 457 g/mol. The lowest BCUT2D eigenvalue weighted by molar-refractivity contribution is -0.126. The highest BCUT2D eigenvalue weighted by atomic mass is 32.1. The fraction of sp³-hybridized carbons (Fsp3) is 0.458. The summed E-state index contributed by atoms with van der Waals surface area (Å²) >= 11 is 0.898. The van der Waals surface area contributed by atoms with Crippen molar-refractivity contribution in [1.82, 2.24) is 20.4 Å². The molecule has 2 aliphatic rings. The number of carbonyl (C=O) groups is 3. The van der Waals surface area contributed by atoms with Gasteiger partial charge in [0.15, 0.2) is 0 Å². The van der Waals surface area contributed by atoms with Crippen molar-refractivity contribution in [3.05, 3.63) is 51.7 Å². The van der Waals surface area contributed by atoms with Crippen molar-refractivity contribution in [2.45, 2.75) is 44.9 Å². The Balaban J connectivity index is 1.29. The summed E-state index contributed by atoms with van der Waals surface area (Å²) < 4.78 is 13.0. The van der Waals surface area contributed by atoms with Gasteiger partial charge < -0.3 is 15.5 Å². The van der Waals surface area contributed by atoms with E-state index in [0.29, 0.717) is 25.3 Å². The Labute approximate surface area is 201 Å². The Kier molecular flexibility index (Phi) is 7.99. The van der Waals surface area contributed by atoms with E-state index >= 15 is 0 Å². The number of piperidine rings is 1. The SMILES string of the molecule is O=C(Nc1ccc(F)cc1)c1nnc(C(=O)N2CCCC(C(=O)NCCC3=CCCCC3)C2)s1. The van der Waals surface area contributed by atoms with Crippen LogP contribution in [-0.2, 0) is 4.79 Å². The Morgan fingerprint density at radius 3 is 2.65 bits per heavy atom. The van der Waals surface area contributed by atoms with Gasteiger partial charge >= 0.3 is 0 Å². The minimum absolute atomic E-state index is 0.0227. The number of hydrogen-bond donors (Lipinski definition) is 2. The number of halogens is 1. The van der Waals surface area contributed by atoms with Gasteiger partial charge in [0.05, 0.1) is 5.92 Å². The van der Waals surface area contributed by atoms with Gasteiger partial charge in [0.1, 0.15) is 5.82 Å². The van der Waals surface area contributed by atoms with Crippen molar-refractivity contribution in [3.8, 4) is 0 Å². The highest BCUT2D eigenvalue weighted by molar-refractivity contribution is 7.15. The summed E-state index contributed by atoms with van der Waals surface area (Å²) in [7, 11) is 0. The maximum absolute atomic E-state index is 13.0. The molecule has 1 saturated heterocycles. The Bertz CT molecular complexity index is 1070. The van der Waals surface area contributed by atoms with Crippen LogP contribution in [0, 0.1) is 11.7 Å². The van der Waals surface area contributed by atoms with Crippen LogP contribution >= 0.6 is 11.3 Å². The van der Waals surface area contributed by atoms with Crippen LogP contribution in [0.4, 0.5) is 10.1 Å². The lowest BCUT2D eigenvalue weighted by Crippen LogP contribution is -2.45. The van der Waals surface area contributed by atoms with Crippen LogP contribution in [0.1, 0.15) is 64.6 Å². The third-order valence-corrected chi connectivity index (χ3v) is 7.02. The van der Waals surface area contributed by atoms with Crippen molar-refractivity contribution in [2.75, 3.05) is 25.0 Å². The van der Waals surface area contributed by atoms with Crippen LogP contribution in [0.2, 0.25) is 0 Å². The lowest BCUT2D eigenvalue weighted by Gasteiger charge is -2.31. The van der Waals surface area contributed by atoms with Crippen molar-refractivity contribution < 1.29 is 18.8 Å². The van der Waals surface area contributed by atoms with Crippen molar-refractivity contribution in [2.24, 2.45) is 5.92 Å². The number of anilines is 1. The Morgan fingerprint density at radius 2 is 1.88 bits per heavy atom. The second-order valence-corrected chi connectivity index (χ2v) is 9.59. The summed E-state index contributed by atoms with van der Waals surface area (Å²) in [4.78, 5) is 39.6. The first kappa shape index (κ1) is 24.0. The number of allylic oxidation sites excluding steroid dienone is 1. The smallest absolute Gasteiger partial charge is 0.286 e. The number of likely N-dealkylation sites (tertiary alicyclic amines) is 1. The zero-order chi connectivity index (χ0) is 23.9.